The first-order chi connectivity index (χ1) is 14.7. The van der Waals surface area contributed by atoms with E-state index in [0.29, 0.717) is 17.3 Å². The van der Waals surface area contributed by atoms with Crippen molar-refractivity contribution in [3.05, 3.63) is 78.2 Å². The Morgan fingerprint density at radius 3 is 2.63 bits per heavy atom. The SMILES string of the molecule is N=C(c1ccc(Oc2ccccc2)cc1)c1cncnc1N[C@H]1CC12CCCCN2. The van der Waals surface area contributed by atoms with E-state index in [9.17, 15) is 0 Å². The normalized spacial score (nSPS) is 22.5. The number of aromatic nitrogens is 2. The van der Waals surface area contributed by atoms with E-state index in [1.54, 1.807) is 12.5 Å². The summed E-state index contributed by atoms with van der Waals surface area (Å²) in [5, 5.41) is 16.0. The lowest BCUT2D eigenvalue weighted by Gasteiger charge is -2.25. The van der Waals surface area contributed by atoms with Crippen LogP contribution < -0.4 is 15.4 Å². The standard InChI is InChI=1S/C24H25N5O/c25-22(17-8-10-19(11-9-17)30-18-6-2-1-3-7-18)20-15-26-16-27-23(20)29-21-14-24(21)12-4-5-13-28-24/h1-3,6-11,15-16,21,25,28H,4-5,12-14H2,(H,26,27,29)/t21-,24?/m0/s1. The van der Waals surface area contributed by atoms with Crippen molar-refractivity contribution in [2.45, 2.75) is 37.3 Å². The second kappa shape index (κ2) is 7.88. The molecule has 1 aromatic heterocycles. The van der Waals surface area contributed by atoms with E-state index < -0.39 is 0 Å². The molecule has 2 aromatic carbocycles. The van der Waals surface area contributed by atoms with E-state index in [4.69, 9.17) is 10.1 Å². The average Bonchev–Trinajstić information content (AvgIpc) is 3.45. The van der Waals surface area contributed by atoms with E-state index in [0.717, 1.165) is 35.8 Å². The van der Waals surface area contributed by atoms with Crippen LogP contribution in [0.25, 0.3) is 0 Å². The van der Waals surface area contributed by atoms with E-state index in [1.807, 2.05) is 54.6 Å². The summed E-state index contributed by atoms with van der Waals surface area (Å²) in [6.45, 7) is 1.09. The summed E-state index contributed by atoms with van der Waals surface area (Å²) in [6.07, 6.45) is 8.09. The van der Waals surface area contributed by atoms with Crippen molar-refractivity contribution in [3.8, 4) is 11.5 Å². The first-order valence-electron chi connectivity index (χ1n) is 10.5. The lowest BCUT2D eigenvalue weighted by Crippen LogP contribution is -2.41. The topological polar surface area (TPSA) is 82.9 Å². The van der Waals surface area contributed by atoms with Crippen LogP contribution in [-0.4, -0.2) is 33.8 Å². The number of hydrogen-bond donors (Lipinski definition) is 3. The molecular weight excluding hydrogens is 374 g/mol. The maximum absolute atomic E-state index is 8.73. The molecule has 1 unspecified atom stereocenters. The molecule has 1 spiro atoms. The van der Waals surface area contributed by atoms with Gasteiger partial charge in [0.2, 0.25) is 0 Å². The number of nitrogens with one attached hydrogen (secondary N) is 3. The van der Waals surface area contributed by atoms with Crippen LogP contribution in [0, 0.1) is 5.41 Å². The Morgan fingerprint density at radius 2 is 1.87 bits per heavy atom. The van der Waals surface area contributed by atoms with Gasteiger partial charge in [-0.2, -0.15) is 0 Å². The van der Waals surface area contributed by atoms with Gasteiger partial charge in [-0.05, 0) is 62.2 Å². The highest BCUT2D eigenvalue weighted by Gasteiger charge is 2.54. The molecule has 3 N–H and O–H groups in total. The molecule has 3 aromatic rings. The smallest absolute Gasteiger partial charge is 0.139 e. The van der Waals surface area contributed by atoms with E-state index in [-0.39, 0.29) is 5.54 Å². The molecule has 0 radical (unpaired) electrons. The van der Waals surface area contributed by atoms with Gasteiger partial charge < -0.3 is 15.4 Å². The Balaban J connectivity index is 1.30. The van der Waals surface area contributed by atoms with Gasteiger partial charge in [-0.25, -0.2) is 9.97 Å². The Morgan fingerprint density at radius 1 is 1.07 bits per heavy atom. The number of nitrogens with zero attached hydrogens (tertiary/aromatic N) is 2. The number of rotatable bonds is 6. The highest BCUT2D eigenvalue weighted by atomic mass is 16.5. The van der Waals surface area contributed by atoms with Gasteiger partial charge in [0.15, 0.2) is 0 Å². The van der Waals surface area contributed by atoms with Crippen LogP contribution in [0.2, 0.25) is 0 Å². The summed E-state index contributed by atoms with van der Waals surface area (Å²) >= 11 is 0. The molecule has 5 rings (SSSR count). The van der Waals surface area contributed by atoms with Crippen molar-refractivity contribution in [2.75, 3.05) is 11.9 Å². The summed E-state index contributed by atoms with van der Waals surface area (Å²) in [4.78, 5) is 8.61. The summed E-state index contributed by atoms with van der Waals surface area (Å²) < 4.78 is 5.85. The van der Waals surface area contributed by atoms with Crippen molar-refractivity contribution < 1.29 is 4.74 Å². The molecule has 2 aliphatic rings. The predicted molar refractivity (Wildman–Crippen MR) is 118 cm³/mol. The molecule has 1 aliphatic heterocycles. The molecule has 2 heterocycles. The third kappa shape index (κ3) is 3.78. The zero-order valence-corrected chi connectivity index (χ0v) is 16.8. The Hall–Kier alpha value is -3.25. The predicted octanol–water partition coefficient (Wildman–Crippen LogP) is 4.38. The van der Waals surface area contributed by atoms with Crippen LogP contribution >= 0.6 is 0 Å². The quantitative estimate of drug-likeness (QED) is 0.536. The largest absolute Gasteiger partial charge is 0.457 e. The monoisotopic (exact) mass is 399 g/mol. The Bertz CT molecular complexity index is 1030. The van der Waals surface area contributed by atoms with E-state index in [2.05, 4.69) is 20.6 Å². The lowest BCUT2D eigenvalue weighted by atomic mass is 10.0. The van der Waals surface area contributed by atoms with E-state index in [1.165, 1.54) is 19.3 Å². The highest BCUT2D eigenvalue weighted by Crippen LogP contribution is 2.44. The van der Waals surface area contributed by atoms with Gasteiger partial charge in [-0.1, -0.05) is 24.6 Å². The molecule has 6 heteroatoms. The van der Waals surface area contributed by atoms with Gasteiger partial charge in [-0.3, -0.25) is 5.41 Å². The fourth-order valence-corrected chi connectivity index (χ4v) is 4.22. The molecule has 1 saturated heterocycles. The number of ether oxygens (including phenoxy) is 1. The van der Waals surface area contributed by atoms with Gasteiger partial charge in [0.1, 0.15) is 23.6 Å². The third-order valence-corrected chi connectivity index (χ3v) is 6.02. The minimum absolute atomic E-state index is 0.207. The Labute approximate surface area is 176 Å². The van der Waals surface area contributed by atoms with Gasteiger partial charge >= 0.3 is 0 Å². The number of para-hydroxylation sites is 1. The number of hydrogen-bond acceptors (Lipinski definition) is 6. The van der Waals surface area contributed by atoms with Gasteiger partial charge in [-0.15, -0.1) is 0 Å². The van der Waals surface area contributed by atoms with Crippen molar-refractivity contribution in [1.29, 1.82) is 5.41 Å². The van der Waals surface area contributed by atoms with Crippen LogP contribution in [0.15, 0.2) is 67.1 Å². The average molecular weight is 399 g/mol. The first kappa shape index (κ1) is 18.8. The van der Waals surface area contributed by atoms with Crippen molar-refractivity contribution in [2.24, 2.45) is 0 Å². The molecule has 1 saturated carbocycles. The first-order valence-corrected chi connectivity index (χ1v) is 10.5. The summed E-state index contributed by atoms with van der Waals surface area (Å²) in [6, 6.07) is 17.6. The number of benzene rings is 2. The molecule has 0 amide bonds. The molecule has 1 aliphatic carbocycles. The number of anilines is 1. The van der Waals surface area contributed by atoms with Crippen molar-refractivity contribution in [3.63, 3.8) is 0 Å². The highest BCUT2D eigenvalue weighted by molar-refractivity contribution is 6.13. The second-order valence-corrected chi connectivity index (χ2v) is 8.04. The van der Waals surface area contributed by atoms with Crippen LogP contribution in [0.4, 0.5) is 5.82 Å². The van der Waals surface area contributed by atoms with Gasteiger partial charge in [0.25, 0.3) is 0 Å². The van der Waals surface area contributed by atoms with Crippen LogP contribution in [-0.2, 0) is 0 Å². The maximum atomic E-state index is 8.73. The number of piperidine rings is 1. The molecule has 2 fully saturated rings. The van der Waals surface area contributed by atoms with Crippen molar-refractivity contribution in [1.82, 2.24) is 15.3 Å². The summed E-state index contributed by atoms with van der Waals surface area (Å²) in [5.41, 5.74) is 2.12. The molecule has 6 nitrogen and oxygen atoms in total. The molecule has 0 bridgehead atoms. The van der Waals surface area contributed by atoms with Crippen molar-refractivity contribution >= 4 is 11.5 Å². The summed E-state index contributed by atoms with van der Waals surface area (Å²) in [5.74, 6) is 2.26. The zero-order valence-electron chi connectivity index (χ0n) is 16.8. The second-order valence-electron chi connectivity index (χ2n) is 8.04. The maximum Gasteiger partial charge on any atom is 0.139 e. The fourth-order valence-electron chi connectivity index (χ4n) is 4.22. The minimum Gasteiger partial charge on any atom is -0.457 e. The molecular formula is C24H25N5O. The minimum atomic E-state index is 0.207. The summed E-state index contributed by atoms with van der Waals surface area (Å²) in [7, 11) is 0. The molecule has 30 heavy (non-hydrogen) atoms. The molecule has 2 atom stereocenters. The van der Waals surface area contributed by atoms with Crippen LogP contribution in [0.5, 0.6) is 11.5 Å². The zero-order chi connectivity index (χ0) is 20.4. The van der Waals surface area contributed by atoms with Gasteiger partial charge in [0, 0.05) is 23.3 Å². The van der Waals surface area contributed by atoms with Gasteiger partial charge in [0.05, 0.1) is 11.3 Å². The Kier molecular flexibility index (Phi) is 4.93. The van der Waals surface area contributed by atoms with Crippen LogP contribution in [0.3, 0.4) is 0 Å². The molecule has 152 valence electrons. The third-order valence-electron chi connectivity index (χ3n) is 6.02. The lowest BCUT2D eigenvalue weighted by molar-refractivity contribution is 0.378. The van der Waals surface area contributed by atoms with Crippen LogP contribution in [0.1, 0.15) is 36.8 Å². The van der Waals surface area contributed by atoms with E-state index >= 15 is 0 Å². The fraction of sp³-hybridized carbons (Fsp3) is 0.292.